The average molecular weight is 434 g/mol. The van der Waals surface area contributed by atoms with Crippen molar-refractivity contribution in [3.05, 3.63) is 105 Å². The van der Waals surface area contributed by atoms with Crippen molar-refractivity contribution >= 4 is 34.4 Å². The molecule has 1 amide bonds. The number of carboxylic acids is 1. The summed E-state index contributed by atoms with van der Waals surface area (Å²) in [5.41, 5.74) is 0.453. The van der Waals surface area contributed by atoms with Crippen molar-refractivity contribution in [1.29, 1.82) is 0 Å². The van der Waals surface area contributed by atoms with Gasteiger partial charge in [0.15, 0.2) is 5.43 Å². The lowest BCUT2D eigenvalue weighted by molar-refractivity contribution is 0.0685. The number of para-hydroxylation sites is 1. The van der Waals surface area contributed by atoms with E-state index in [1.165, 1.54) is 17.0 Å². The van der Waals surface area contributed by atoms with Crippen LogP contribution >= 0.6 is 11.6 Å². The molecule has 7 nitrogen and oxygen atoms in total. The van der Waals surface area contributed by atoms with Crippen molar-refractivity contribution in [2.45, 2.75) is 6.54 Å². The summed E-state index contributed by atoms with van der Waals surface area (Å²) in [7, 11) is 0. The Morgan fingerprint density at radius 1 is 1.06 bits per heavy atom. The lowest BCUT2D eigenvalue weighted by Gasteiger charge is -2.19. The first kappa shape index (κ1) is 20.3. The summed E-state index contributed by atoms with van der Waals surface area (Å²) in [6.07, 6.45) is 2.92. The minimum Gasteiger partial charge on any atom is -0.477 e. The summed E-state index contributed by atoms with van der Waals surface area (Å²) in [4.78, 5) is 41.9. The molecule has 0 fully saturated rings. The normalized spacial score (nSPS) is 10.7. The third-order valence-electron chi connectivity index (χ3n) is 4.80. The number of amides is 1. The zero-order valence-electron chi connectivity index (χ0n) is 16.1. The van der Waals surface area contributed by atoms with Gasteiger partial charge >= 0.3 is 5.97 Å². The molecule has 0 aliphatic heterocycles. The van der Waals surface area contributed by atoms with E-state index in [0.717, 1.165) is 0 Å². The quantitative estimate of drug-likeness (QED) is 0.500. The highest BCUT2D eigenvalue weighted by molar-refractivity contribution is 6.31. The fraction of sp³-hybridized carbons (Fsp3) is 0.0435. The van der Waals surface area contributed by atoms with Crippen LogP contribution in [0.3, 0.4) is 0 Å². The van der Waals surface area contributed by atoms with Crippen LogP contribution in [-0.2, 0) is 6.54 Å². The number of hydrogen-bond donors (Lipinski definition) is 2. The van der Waals surface area contributed by atoms with Gasteiger partial charge in [-0.1, -0.05) is 29.8 Å². The molecule has 0 bridgehead atoms. The van der Waals surface area contributed by atoms with Gasteiger partial charge in [0, 0.05) is 35.0 Å². The van der Waals surface area contributed by atoms with Crippen molar-refractivity contribution in [2.24, 2.45) is 0 Å². The minimum atomic E-state index is -1.30. The average Bonchev–Trinajstić information content (AvgIpc) is 2.79. The van der Waals surface area contributed by atoms with Crippen molar-refractivity contribution in [1.82, 2.24) is 14.9 Å². The number of nitrogens with one attached hydrogen (secondary N) is 1. The summed E-state index contributed by atoms with van der Waals surface area (Å²) in [5.74, 6) is -1.76. The minimum absolute atomic E-state index is 0.0385. The number of pyridine rings is 2. The molecular weight excluding hydrogens is 418 g/mol. The molecule has 0 aliphatic carbocycles. The zero-order valence-corrected chi connectivity index (χ0v) is 16.8. The van der Waals surface area contributed by atoms with Crippen LogP contribution in [0.2, 0.25) is 5.02 Å². The molecule has 0 saturated heterocycles. The van der Waals surface area contributed by atoms with Crippen LogP contribution in [0.5, 0.6) is 0 Å². The van der Waals surface area contributed by atoms with E-state index in [4.69, 9.17) is 11.6 Å². The van der Waals surface area contributed by atoms with E-state index in [1.807, 2.05) is 0 Å². The molecule has 0 atom stereocenters. The maximum Gasteiger partial charge on any atom is 0.353 e. The molecule has 31 heavy (non-hydrogen) atoms. The molecule has 4 aromatic rings. The second-order valence-corrected chi connectivity index (χ2v) is 7.15. The molecule has 2 aromatic heterocycles. The monoisotopic (exact) mass is 433 g/mol. The van der Waals surface area contributed by atoms with E-state index in [2.05, 4.69) is 10.3 Å². The molecule has 2 N–H and O–H groups in total. The van der Waals surface area contributed by atoms with Crippen LogP contribution in [0.1, 0.15) is 26.4 Å². The number of aromatic carboxylic acids is 1. The standard InChI is InChI=1S/C23H16ClN3O4/c24-15-8-9-17-19(11-15)27(16-6-2-1-3-7-16)20(23(30)31)18(21(17)28)13-26-22(29)14-5-4-10-25-12-14/h1-12H,13H2,(H,26,29)(H,30,31). The number of benzene rings is 2. The first-order valence-electron chi connectivity index (χ1n) is 9.31. The highest BCUT2D eigenvalue weighted by atomic mass is 35.5. The Balaban J connectivity index is 1.93. The van der Waals surface area contributed by atoms with E-state index in [-0.39, 0.29) is 17.8 Å². The van der Waals surface area contributed by atoms with Crippen LogP contribution in [0.4, 0.5) is 0 Å². The van der Waals surface area contributed by atoms with Crippen molar-refractivity contribution < 1.29 is 14.7 Å². The van der Waals surface area contributed by atoms with Gasteiger partial charge in [0.1, 0.15) is 5.69 Å². The molecule has 0 radical (unpaired) electrons. The molecule has 2 heterocycles. The first-order valence-corrected chi connectivity index (χ1v) is 9.69. The van der Waals surface area contributed by atoms with Crippen LogP contribution in [0.15, 0.2) is 77.9 Å². The predicted molar refractivity (Wildman–Crippen MR) is 117 cm³/mol. The van der Waals surface area contributed by atoms with Gasteiger partial charge in [0.25, 0.3) is 5.91 Å². The van der Waals surface area contributed by atoms with E-state index in [1.54, 1.807) is 60.7 Å². The van der Waals surface area contributed by atoms with Crippen molar-refractivity contribution in [2.75, 3.05) is 0 Å². The fourth-order valence-corrected chi connectivity index (χ4v) is 3.58. The number of fused-ring (bicyclic) bond motifs is 1. The number of carboxylic acid groups (broad SMARTS) is 1. The molecule has 2 aromatic carbocycles. The third kappa shape index (κ3) is 3.91. The predicted octanol–water partition coefficient (Wildman–Crippen LogP) is 3.67. The molecular formula is C23H16ClN3O4. The van der Waals surface area contributed by atoms with Crippen LogP contribution in [-0.4, -0.2) is 26.5 Å². The SMILES string of the molecule is O=C(NCc1c(C(=O)O)n(-c2ccccc2)c2cc(Cl)ccc2c1=O)c1cccnc1. The number of carbonyl (C=O) groups excluding carboxylic acids is 1. The lowest BCUT2D eigenvalue weighted by Crippen LogP contribution is -2.30. The van der Waals surface area contributed by atoms with Crippen molar-refractivity contribution in [3.63, 3.8) is 0 Å². The summed E-state index contributed by atoms with van der Waals surface area (Å²) < 4.78 is 1.47. The first-order chi connectivity index (χ1) is 15.0. The largest absolute Gasteiger partial charge is 0.477 e. The van der Waals surface area contributed by atoms with Gasteiger partial charge in [0.2, 0.25) is 0 Å². The number of hydrogen-bond acceptors (Lipinski definition) is 4. The van der Waals surface area contributed by atoms with Gasteiger partial charge in [0.05, 0.1) is 16.6 Å². The molecule has 0 spiro atoms. The maximum absolute atomic E-state index is 13.2. The highest BCUT2D eigenvalue weighted by Gasteiger charge is 2.23. The van der Waals surface area contributed by atoms with E-state index in [0.29, 0.717) is 27.2 Å². The Bertz CT molecular complexity index is 1350. The molecule has 154 valence electrons. The number of rotatable bonds is 5. The molecule has 0 saturated carbocycles. The van der Waals surface area contributed by atoms with Crippen LogP contribution < -0.4 is 10.7 Å². The van der Waals surface area contributed by atoms with Gasteiger partial charge < -0.3 is 15.0 Å². The van der Waals surface area contributed by atoms with Gasteiger partial charge in [-0.05, 0) is 42.5 Å². The smallest absolute Gasteiger partial charge is 0.353 e. The van der Waals surface area contributed by atoms with Gasteiger partial charge in [-0.15, -0.1) is 0 Å². The molecule has 0 unspecified atom stereocenters. The van der Waals surface area contributed by atoms with Crippen LogP contribution in [0, 0.1) is 0 Å². The summed E-state index contributed by atoms with van der Waals surface area (Å²) in [6.45, 7) is -0.264. The third-order valence-corrected chi connectivity index (χ3v) is 5.03. The highest BCUT2D eigenvalue weighted by Crippen LogP contribution is 2.25. The number of aromatic nitrogens is 2. The molecule has 8 heteroatoms. The number of halogens is 1. The van der Waals surface area contributed by atoms with Crippen LogP contribution in [0.25, 0.3) is 16.6 Å². The fourth-order valence-electron chi connectivity index (χ4n) is 3.41. The summed E-state index contributed by atoms with van der Waals surface area (Å²) in [5, 5.41) is 13.3. The Labute approximate surface area is 181 Å². The second kappa shape index (κ2) is 8.41. The lowest BCUT2D eigenvalue weighted by atomic mass is 10.1. The van der Waals surface area contributed by atoms with Gasteiger partial charge in [-0.25, -0.2) is 4.79 Å². The summed E-state index contributed by atoms with van der Waals surface area (Å²) >= 11 is 6.15. The van der Waals surface area contributed by atoms with Gasteiger partial charge in [-0.3, -0.25) is 14.6 Å². The molecule has 0 aliphatic rings. The Hall–Kier alpha value is -3.97. The Morgan fingerprint density at radius 2 is 1.84 bits per heavy atom. The summed E-state index contributed by atoms with van der Waals surface area (Å²) in [6, 6.07) is 16.6. The molecule has 4 rings (SSSR count). The van der Waals surface area contributed by atoms with Gasteiger partial charge in [-0.2, -0.15) is 0 Å². The van der Waals surface area contributed by atoms with E-state index < -0.39 is 17.3 Å². The maximum atomic E-state index is 13.2. The Kier molecular flexibility index (Phi) is 5.51. The van der Waals surface area contributed by atoms with Crippen molar-refractivity contribution in [3.8, 4) is 5.69 Å². The zero-order chi connectivity index (χ0) is 22.0. The van der Waals surface area contributed by atoms with E-state index >= 15 is 0 Å². The number of nitrogens with zero attached hydrogens (tertiary/aromatic N) is 2. The number of carbonyl (C=O) groups is 2. The Morgan fingerprint density at radius 3 is 2.52 bits per heavy atom. The van der Waals surface area contributed by atoms with E-state index in [9.17, 15) is 19.5 Å². The second-order valence-electron chi connectivity index (χ2n) is 6.72. The topological polar surface area (TPSA) is 101 Å².